The van der Waals surface area contributed by atoms with E-state index in [1.54, 1.807) is 0 Å². The van der Waals surface area contributed by atoms with Crippen molar-refractivity contribution in [2.24, 2.45) is 0 Å². The van der Waals surface area contributed by atoms with Gasteiger partial charge in [-0.2, -0.15) is 0 Å². The predicted octanol–water partition coefficient (Wildman–Crippen LogP) is -1.20. The van der Waals surface area contributed by atoms with Gasteiger partial charge in [-0.05, 0) is 12.8 Å². The Labute approximate surface area is 105 Å². The minimum Gasteiger partial charge on any atom is -0.376 e. The Morgan fingerprint density at radius 1 is 0.889 bits per heavy atom. The second kappa shape index (κ2) is 7.72. The Morgan fingerprint density at radius 2 is 1.28 bits per heavy atom. The molecule has 0 aromatic heterocycles. The summed E-state index contributed by atoms with van der Waals surface area (Å²) in [6.45, 7) is -0.858. The van der Waals surface area contributed by atoms with Crippen molar-refractivity contribution in [3.8, 4) is 0 Å². The highest BCUT2D eigenvalue weighted by atomic mass is 16.3. The van der Waals surface area contributed by atoms with Crippen LogP contribution in [0, 0.1) is 0 Å². The number of rotatable bonds is 4. The lowest BCUT2D eigenvalue weighted by Gasteiger charge is -2.32. The molecule has 0 radical (unpaired) electrons. The van der Waals surface area contributed by atoms with E-state index >= 15 is 0 Å². The zero-order valence-corrected chi connectivity index (χ0v) is 10.1. The van der Waals surface area contributed by atoms with Crippen LogP contribution in [-0.2, 0) is 0 Å². The third-order valence-electron chi connectivity index (χ3n) is 2.88. The molecule has 0 heterocycles. The fourth-order valence-corrected chi connectivity index (χ4v) is 2.06. The quantitative estimate of drug-likeness (QED) is 0.355. The molecular formula is C10H20N4O4. The third-order valence-corrected chi connectivity index (χ3v) is 2.88. The van der Waals surface area contributed by atoms with Gasteiger partial charge in [-0.3, -0.25) is 0 Å². The molecule has 1 saturated carbocycles. The molecule has 6 N–H and O–H groups in total. The number of urea groups is 2. The minimum atomic E-state index is -0.459. The first-order valence-corrected chi connectivity index (χ1v) is 5.97. The summed E-state index contributed by atoms with van der Waals surface area (Å²) in [6.07, 6.45) is 3.49. The third kappa shape index (κ3) is 4.76. The van der Waals surface area contributed by atoms with Crippen molar-refractivity contribution in [3.05, 3.63) is 0 Å². The van der Waals surface area contributed by atoms with E-state index in [1.165, 1.54) is 0 Å². The van der Waals surface area contributed by atoms with Crippen LogP contribution in [0.4, 0.5) is 9.59 Å². The van der Waals surface area contributed by atoms with Gasteiger partial charge in [-0.25, -0.2) is 9.59 Å². The van der Waals surface area contributed by atoms with Crippen molar-refractivity contribution in [3.63, 3.8) is 0 Å². The van der Waals surface area contributed by atoms with E-state index in [2.05, 4.69) is 21.3 Å². The molecule has 0 saturated heterocycles. The number of hydrogen-bond donors (Lipinski definition) is 6. The van der Waals surface area contributed by atoms with E-state index in [9.17, 15) is 9.59 Å². The van der Waals surface area contributed by atoms with Crippen LogP contribution in [0.5, 0.6) is 0 Å². The van der Waals surface area contributed by atoms with Gasteiger partial charge in [0.2, 0.25) is 0 Å². The van der Waals surface area contributed by atoms with Gasteiger partial charge >= 0.3 is 12.1 Å². The SMILES string of the molecule is O=C(NCO)NC1CCCCC1NC(=O)NCO. The van der Waals surface area contributed by atoms with Crippen molar-refractivity contribution in [1.29, 1.82) is 0 Å². The fraction of sp³-hybridized carbons (Fsp3) is 0.800. The van der Waals surface area contributed by atoms with Crippen LogP contribution >= 0.6 is 0 Å². The van der Waals surface area contributed by atoms with Crippen LogP contribution in [0.15, 0.2) is 0 Å². The summed E-state index contributed by atoms with van der Waals surface area (Å²) < 4.78 is 0. The molecule has 8 heteroatoms. The molecule has 1 fully saturated rings. The molecule has 0 bridgehead atoms. The predicted molar refractivity (Wildman–Crippen MR) is 63.6 cm³/mol. The molecule has 1 aliphatic carbocycles. The topological polar surface area (TPSA) is 123 Å². The Morgan fingerprint density at radius 3 is 1.61 bits per heavy atom. The fourth-order valence-electron chi connectivity index (χ4n) is 2.06. The summed E-state index contributed by atoms with van der Waals surface area (Å²) in [7, 11) is 0. The number of carbonyl (C=O) groups excluding carboxylic acids is 2. The molecule has 2 unspecified atom stereocenters. The maximum absolute atomic E-state index is 11.3. The van der Waals surface area contributed by atoms with E-state index in [-0.39, 0.29) is 12.1 Å². The highest BCUT2D eigenvalue weighted by Gasteiger charge is 2.27. The number of amides is 4. The average Bonchev–Trinajstić information content (AvgIpc) is 2.32. The summed E-state index contributed by atoms with van der Waals surface area (Å²) in [5.74, 6) is 0. The Hall–Kier alpha value is -1.54. The number of aliphatic hydroxyl groups excluding tert-OH is 2. The van der Waals surface area contributed by atoms with E-state index in [4.69, 9.17) is 10.2 Å². The van der Waals surface area contributed by atoms with Crippen LogP contribution in [0.3, 0.4) is 0 Å². The van der Waals surface area contributed by atoms with Crippen molar-refractivity contribution in [2.45, 2.75) is 37.8 Å². The molecule has 0 spiro atoms. The summed E-state index contributed by atoms with van der Waals surface area (Å²) in [6, 6.07) is -1.26. The van der Waals surface area contributed by atoms with E-state index in [0.717, 1.165) is 25.7 Å². The van der Waals surface area contributed by atoms with Crippen molar-refractivity contribution in [2.75, 3.05) is 13.5 Å². The lowest BCUT2D eigenvalue weighted by atomic mass is 9.90. The van der Waals surface area contributed by atoms with Gasteiger partial charge in [-0.1, -0.05) is 12.8 Å². The molecule has 8 nitrogen and oxygen atoms in total. The molecule has 0 aromatic carbocycles. The van der Waals surface area contributed by atoms with Crippen LogP contribution in [0.25, 0.3) is 0 Å². The van der Waals surface area contributed by atoms with Gasteiger partial charge in [0.1, 0.15) is 13.5 Å². The standard InChI is InChI=1S/C10H20N4O4/c15-5-11-9(17)13-7-3-1-2-4-8(7)14-10(18)12-6-16/h7-8,15-16H,1-6H2,(H2,11,13,17)(H2,12,14,18). The number of hydrogen-bond acceptors (Lipinski definition) is 4. The van der Waals surface area contributed by atoms with Crippen molar-refractivity contribution >= 4 is 12.1 Å². The van der Waals surface area contributed by atoms with Gasteiger partial charge in [0.25, 0.3) is 0 Å². The molecule has 1 aliphatic rings. The monoisotopic (exact) mass is 260 g/mol. The first kappa shape index (κ1) is 14.5. The maximum atomic E-state index is 11.3. The zero-order valence-electron chi connectivity index (χ0n) is 10.1. The average molecular weight is 260 g/mol. The smallest absolute Gasteiger partial charge is 0.316 e. The molecule has 0 aromatic rings. The van der Waals surface area contributed by atoms with E-state index in [0.29, 0.717) is 0 Å². The summed E-state index contributed by atoms with van der Waals surface area (Å²) in [4.78, 5) is 22.6. The largest absolute Gasteiger partial charge is 0.376 e. The van der Waals surface area contributed by atoms with Gasteiger partial charge in [0, 0.05) is 0 Å². The van der Waals surface area contributed by atoms with Crippen LogP contribution in [-0.4, -0.2) is 47.8 Å². The molecule has 0 aliphatic heterocycles. The highest BCUT2D eigenvalue weighted by Crippen LogP contribution is 2.18. The van der Waals surface area contributed by atoms with Crippen LogP contribution in [0.1, 0.15) is 25.7 Å². The molecule has 2 atom stereocenters. The number of aliphatic hydroxyl groups is 2. The lowest BCUT2D eigenvalue weighted by molar-refractivity contribution is 0.195. The summed E-state index contributed by atoms with van der Waals surface area (Å²) in [5.41, 5.74) is 0. The van der Waals surface area contributed by atoms with Gasteiger partial charge < -0.3 is 31.5 Å². The first-order chi connectivity index (χ1) is 8.67. The molecule has 1 rings (SSSR count). The first-order valence-electron chi connectivity index (χ1n) is 5.97. The number of nitrogens with one attached hydrogen (secondary N) is 4. The van der Waals surface area contributed by atoms with E-state index < -0.39 is 25.5 Å². The zero-order chi connectivity index (χ0) is 13.4. The summed E-state index contributed by atoms with van der Waals surface area (Å²) >= 11 is 0. The van der Waals surface area contributed by atoms with E-state index in [1.807, 2.05) is 0 Å². The lowest BCUT2D eigenvalue weighted by Crippen LogP contribution is -2.56. The second-order valence-electron chi connectivity index (χ2n) is 4.11. The Kier molecular flexibility index (Phi) is 6.23. The van der Waals surface area contributed by atoms with Crippen LogP contribution < -0.4 is 21.3 Å². The molecule has 4 amide bonds. The van der Waals surface area contributed by atoms with Crippen LogP contribution in [0.2, 0.25) is 0 Å². The Balaban J connectivity index is 2.46. The summed E-state index contributed by atoms with van der Waals surface area (Å²) in [5, 5.41) is 27.0. The highest BCUT2D eigenvalue weighted by molar-refractivity contribution is 5.75. The van der Waals surface area contributed by atoms with Crippen molar-refractivity contribution < 1.29 is 19.8 Å². The van der Waals surface area contributed by atoms with Gasteiger partial charge in [0.05, 0.1) is 12.1 Å². The van der Waals surface area contributed by atoms with Gasteiger partial charge in [-0.15, -0.1) is 0 Å². The molecular weight excluding hydrogens is 240 g/mol. The maximum Gasteiger partial charge on any atom is 0.316 e. The second-order valence-corrected chi connectivity index (χ2v) is 4.11. The Bertz CT molecular complexity index is 259. The molecule has 18 heavy (non-hydrogen) atoms. The van der Waals surface area contributed by atoms with Gasteiger partial charge in [0.15, 0.2) is 0 Å². The minimum absolute atomic E-state index is 0.172. The normalized spacial score (nSPS) is 23.0. The van der Waals surface area contributed by atoms with Crippen molar-refractivity contribution in [1.82, 2.24) is 21.3 Å². The number of carbonyl (C=O) groups is 2. The molecule has 104 valence electrons.